The van der Waals surface area contributed by atoms with Gasteiger partial charge in [0.15, 0.2) is 0 Å². The van der Waals surface area contributed by atoms with Crippen LogP contribution in [0.4, 0.5) is 0 Å². The van der Waals surface area contributed by atoms with E-state index in [1.54, 1.807) is 0 Å². The molecule has 0 heterocycles. The molecule has 126 valence electrons. The van der Waals surface area contributed by atoms with Crippen LogP contribution in [-0.2, 0) is 9.53 Å². The van der Waals surface area contributed by atoms with Crippen molar-refractivity contribution in [2.24, 2.45) is 17.8 Å². The molecular weight excluding hydrogens is 260 g/mol. The normalized spacial score (nSPS) is 17.0. The third kappa shape index (κ3) is 10.8. The molecule has 4 atom stereocenters. The van der Waals surface area contributed by atoms with Gasteiger partial charge >= 0.3 is 5.97 Å². The summed E-state index contributed by atoms with van der Waals surface area (Å²) in [6.45, 7) is 13.1. The molecule has 0 aliphatic rings. The summed E-state index contributed by atoms with van der Waals surface area (Å²) >= 11 is 0. The fourth-order valence-electron chi connectivity index (χ4n) is 2.59. The molecule has 4 unspecified atom stereocenters. The molecule has 0 N–H and O–H groups in total. The number of hydrogen-bond donors (Lipinski definition) is 0. The van der Waals surface area contributed by atoms with Crippen LogP contribution in [-0.4, -0.2) is 12.1 Å². The highest BCUT2D eigenvalue weighted by Gasteiger charge is 2.16. The van der Waals surface area contributed by atoms with Gasteiger partial charge in [-0.2, -0.15) is 0 Å². The molecule has 0 bridgehead atoms. The quantitative estimate of drug-likeness (QED) is 0.414. The lowest BCUT2D eigenvalue weighted by Gasteiger charge is -2.21. The molecule has 0 aromatic heterocycles. The lowest BCUT2D eigenvalue weighted by Crippen LogP contribution is -2.21. The molecule has 0 saturated heterocycles. The average molecular weight is 299 g/mol. The zero-order valence-corrected chi connectivity index (χ0v) is 15.3. The van der Waals surface area contributed by atoms with E-state index in [0.29, 0.717) is 12.3 Å². The summed E-state index contributed by atoms with van der Waals surface area (Å²) in [5.41, 5.74) is 0. The van der Waals surface area contributed by atoms with Crippen LogP contribution in [0.3, 0.4) is 0 Å². The first-order valence-electron chi connectivity index (χ1n) is 9.10. The molecule has 21 heavy (non-hydrogen) atoms. The summed E-state index contributed by atoms with van der Waals surface area (Å²) in [5.74, 6) is 2.10. The zero-order chi connectivity index (χ0) is 16.3. The van der Waals surface area contributed by atoms with Gasteiger partial charge in [0, 0.05) is 6.42 Å². The summed E-state index contributed by atoms with van der Waals surface area (Å²) in [6.07, 6.45) is 9.66. The van der Waals surface area contributed by atoms with E-state index in [2.05, 4.69) is 27.7 Å². The summed E-state index contributed by atoms with van der Waals surface area (Å²) in [4.78, 5) is 11.3. The van der Waals surface area contributed by atoms with E-state index >= 15 is 0 Å². The predicted octanol–water partition coefficient (Wildman–Crippen LogP) is 5.99. The van der Waals surface area contributed by atoms with Crippen LogP contribution in [0.25, 0.3) is 0 Å². The summed E-state index contributed by atoms with van der Waals surface area (Å²) in [5, 5.41) is 0. The zero-order valence-electron chi connectivity index (χ0n) is 15.3. The monoisotopic (exact) mass is 298 g/mol. The topological polar surface area (TPSA) is 26.3 Å². The number of hydrogen-bond acceptors (Lipinski definition) is 2. The molecule has 0 rings (SSSR count). The van der Waals surface area contributed by atoms with Crippen molar-refractivity contribution in [1.82, 2.24) is 0 Å². The van der Waals surface area contributed by atoms with E-state index in [1.165, 1.54) is 38.5 Å². The van der Waals surface area contributed by atoms with Gasteiger partial charge in [-0.15, -0.1) is 0 Å². The molecule has 0 aliphatic carbocycles. The van der Waals surface area contributed by atoms with E-state index in [0.717, 1.165) is 18.3 Å². The van der Waals surface area contributed by atoms with Crippen LogP contribution >= 0.6 is 0 Å². The highest BCUT2D eigenvalue weighted by Crippen LogP contribution is 2.22. The van der Waals surface area contributed by atoms with E-state index in [4.69, 9.17) is 4.74 Å². The minimum absolute atomic E-state index is 0.0539. The van der Waals surface area contributed by atoms with E-state index in [1.807, 2.05) is 13.8 Å². The second kappa shape index (κ2) is 12.1. The van der Waals surface area contributed by atoms with Gasteiger partial charge in [-0.3, -0.25) is 4.79 Å². The van der Waals surface area contributed by atoms with E-state index in [-0.39, 0.29) is 12.1 Å². The van der Waals surface area contributed by atoms with Crippen LogP contribution in [0.5, 0.6) is 0 Å². The lowest BCUT2D eigenvalue weighted by molar-refractivity contribution is -0.150. The molecule has 0 saturated carbocycles. The van der Waals surface area contributed by atoms with Crippen molar-refractivity contribution in [2.45, 2.75) is 99.0 Å². The molecule has 0 aliphatic heterocycles. The van der Waals surface area contributed by atoms with Crippen LogP contribution in [0.15, 0.2) is 0 Å². The molecule has 0 amide bonds. The van der Waals surface area contributed by atoms with E-state index in [9.17, 15) is 4.79 Å². The summed E-state index contributed by atoms with van der Waals surface area (Å²) in [6, 6.07) is 0. The van der Waals surface area contributed by atoms with Gasteiger partial charge < -0.3 is 4.74 Å². The Hall–Kier alpha value is -0.530. The Bertz CT molecular complexity index is 262. The minimum atomic E-state index is -0.0761. The van der Waals surface area contributed by atoms with Crippen LogP contribution in [0.1, 0.15) is 92.9 Å². The van der Waals surface area contributed by atoms with Crippen molar-refractivity contribution < 1.29 is 9.53 Å². The van der Waals surface area contributed by atoms with Crippen molar-refractivity contribution in [1.29, 1.82) is 0 Å². The number of ether oxygens (including phenoxy) is 1. The molecule has 2 nitrogen and oxygen atoms in total. The van der Waals surface area contributed by atoms with Crippen LogP contribution in [0, 0.1) is 17.8 Å². The maximum atomic E-state index is 11.3. The molecule has 0 aromatic carbocycles. The SMILES string of the molecule is CCC(=O)OC(C)C(C)CCCC(C)CCCC(C)CC. The first kappa shape index (κ1) is 20.5. The molecule has 0 radical (unpaired) electrons. The highest BCUT2D eigenvalue weighted by molar-refractivity contribution is 5.69. The van der Waals surface area contributed by atoms with Gasteiger partial charge in [0.2, 0.25) is 0 Å². The van der Waals surface area contributed by atoms with Gasteiger partial charge in [-0.05, 0) is 31.1 Å². The smallest absolute Gasteiger partial charge is 0.305 e. The number of rotatable bonds is 12. The maximum absolute atomic E-state index is 11.3. The molecule has 2 heteroatoms. The van der Waals surface area contributed by atoms with Crippen molar-refractivity contribution in [2.75, 3.05) is 0 Å². The Morgan fingerprint density at radius 3 is 1.90 bits per heavy atom. The largest absolute Gasteiger partial charge is 0.462 e. The average Bonchev–Trinajstić information content (AvgIpc) is 2.46. The van der Waals surface area contributed by atoms with Gasteiger partial charge in [0.05, 0.1) is 0 Å². The van der Waals surface area contributed by atoms with Crippen LogP contribution < -0.4 is 0 Å². The van der Waals surface area contributed by atoms with Crippen molar-refractivity contribution >= 4 is 5.97 Å². The van der Waals surface area contributed by atoms with Crippen LogP contribution in [0.2, 0.25) is 0 Å². The standard InChI is InChI=1S/C19H38O2/c1-7-15(3)11-9-12-16(4)13-10-14-17(5)18(6)21-19(20)8-2/h15-18H,7-14H2,1-6H3. The molecule has 0 aromatic rings. The lowest BCUT2D eigenvalue weighted by atomic mass is 9.91. The summed E-state index contributed by atoms with van der Waals surface area (Å²) < 4.78 is 5.38. The molecule has 0 spiro atoms. The fraction of sp³-hybridized carbons (Fsp3) is 0.947. The fourth-order valence-corrected chi connectivity index (χ4v) is 2.59. The van der Waals surface area contributed by atoms with Gasteiger partial charge in [-0.1, -0.05) is 73.1 Å². The Morgan fingerprint density at radius 1 is 0.857 bits per heavy atom. The van der Waals surface area contributed by atoms with Crippen molar-refractivity contribution in [3.8, 4) is 0 Å². The van der Waals surface area contributed by atoms with Gasteiger partial charge in [0.25, 0.3) is 0 Å². The second-order valence-corrected chi connectivity index (χ2v) is 7.01. The number of esters is 1. The Kier molecular flexibility index (Phi) is 11.8. The van der Waals surface area contributed by atoms with Gasteiger partial charge in [0.1, 0.15) is 6.10 Å². The second-order valence-electron chi connectivity index (χ2n) is 7.01. The third-order valence-electron chi connectivity index (χ3n) is 4.85. The van der Waals surface area contributed by atoms with E-state index < -0.39 is 0 Å². The van der Waals surface area contributed by atoms with Crippen molar-refractivity contribution in [3.63, 3.8) is 0 Å². The molecular formula is C19H38O2. The Labute approximate surface area is 133 Å². The Balaban J connectivity index is 3.69. The summed E-state index contributed by atoms with van der Waals surface area (Å²) in [7, 11) is 0. The molecule has 0 fully saturated rings. The predicted molar refractivity (Wildman–Crippen MR) is 91.3 cm³/mol. The first-order chi connectivity index (χ1) is 9.90. The number of carbonyl (C=O) groups excluding carboxylic acids is 1. The first-order valence-corrected chi connectivity index (χ1v) is 9.10. The van der Waals surface area contributed by atoms with Crippen molar-refractivity contribution in [3.05, 3.63) is 0 Å². The minimum Gasteiger partial charge on any atom is -0.462 e. The van der Waals surface area contributed by atoms with Gasteiger partial charge in [-0.25, -0.2) is 0 Å². The number of carbonyl (C=O) groups is 1. The highest BCUT2D eigenvalue weighted by atomic mass is 16.5. The third-order valence-corrected chi connectivity index (χ3v) is 4.85. The maximum Gasteiger partial charge on any atom is 0.305 e. The Morgan fingerprint density at radius 2 is 1.38 bits per heavy atom.